The highest BCUT2D eigenvalue weighted by Gasteiger charge is 2.00. The first-order valence-electron chi connectivity index (χ1n) is 4.47. The number of benzene rings is 1. The van der Waals surface area contributed by atoms with Gasteiger partial charge in [0.2, 0.25) is 0 Å². The molecule has 0 aromatic heterocycles. The number of hydrogen-bond donors (Lipinski definition) is 1. The summed E-state index contributed by atoms with van der Waals surface area (Å²) in [6.45, 7) is 3.92. The molecule has 0 radical (unpaired) electrons. The van der Waals surface area contributed by atoms with E-state index in [1.54, 1.807) is 0 Å². The van der Waals surface area contributed by atoms with Crippen LogP contribution in [-0.2, 0) is 4.74 Å². The lowest BCUT2D eigenvalue weighted by Gasteiger charge is -1.94. The molecule has 15 heavy (non-hydrogen) atoms. The predicted octanol–water partition coefficient (Wildman–Crippen LogP) is 2.31. The molecule has 0 spiro atoms. The third-order valence-electron chi connectivity index (χ3n) is 1.86. The molecule has 4 nitrogen and oxygen atoms in total. The second-order valence-electron chi connectivity index (χ2n) is 3.11. The van der Waals surface area contributed by atoms with E-state index in [4.69, 9.17) is 5.11 Å². The first-order chi connectivity index (χ1) is 7.13. The Morgan fingerprint density at radius 2 is 2.20 bits per heavy atom. The molecule has 1 aromatic rings. The van der Waals surface area contributed by atoms with Crippen LogP contribution in [0.4, 0.5) is 5.69 Å². The summed E-state index contributed by atoms with van der Waals surface area (Å²) in [5.41, 5.74) is 2.88. The van der Waals surface area contributed by atoms with E-state index in [1.165, 1.54) is 7.11 Å². The lowest BCUT2D eigenvalue weighted by molar-refractivity contribution is -0.0709. The zero-order chi connectivity index (χ0) is 11.3. The summed E-state index contributed by atoms with van der Waals surface area (Å²) in [6.07, 6.45) is 0. The van der Waals surface area contributed by atoms with E-state index in [9.17, 15) is 0 Å². The molecule has 4 heteroatoms. The number of hydrogen-bond acceptors (Lipinski definition) is 3. The molecule has 0 heterocycles. The van der Waals surface area contributed by atoms with E-state index in [0.717, 1.165) is 16.8 Å². The van der Waals surface area contributed by atoms with Crippen molar-refractivity contribution in [2.45, 2.75) is 13.8 Å². The second kappa shape index (κ2) is 5.01. The van der Waals surface area contributed by atoms with E-state index in [0.29, 0.717) is 0 Å². The number of aliphatic hydroxyl groups excluding tert-OH is 1. The topological polar surface area (TPSA) is 55.9 Å². The minimum atomic E-state index is -0.385. The molecule has 1 rings (SSSR count). The average molecular weight is 205 g/mol. The van der Waals surface area contributed by atoms with Crippen molar-refractivity contribution >= 4 is 11.6 Å². The van der Waals surface area contributed by atoms with Crippen LogP contribution in [0.3, 0.4) is 0 Å². The van der Waals surface area contributed by atoms with Crippen LogP contribution >= 0.6 is 0 Å². The summed E-state index contributed by atoms with van der Waals surface area (Å²) in [7, 11) is 1.33. The molecule has 0 atom stereocenters. The molecule has 0 bridgehead atoms. The summed E-state index contributed by atoms with van der Waals surface area (Å²) in [5.74, 6) is 1.85. The lowest BCUT2D eigenvalue weighted by atomic mass is 10.1. The van der Waals surface area contributed by atoms with Crippen LogP contribution in [0.5, 0.6) is 0 Å². The Morgan fingerprint density at radius 3 is 2.87 bits per heavy atom. The van der Waals surface area contributed by atoms with Gasteiger partial charge in [-0.2, -0.15) is 0 Å². The van der Waals surface area contributed by atoms with Crippen LogP contribution < -0.4 is 0 Å². The van der Waals surface area contributed by atoms with Crippen LogP contribution in [0.2, 0.25) is 0 Å². The summed E-state index contributed by atoms with van der Waals surface area (Å²) in [4.78, 5) is 3.58. The monoisotopic (exact) mass is 205 g/mol. The van der Waals surface area contributed by atoms with E-state index in [2.05, 4.69) is 20.5 Å². The zero-order valence-electron chi connectivity index (χ0n) is 8.98. The van der Waals surface area contributed by atoms with Crippen molar-refractivity contribution in [3.8, 4) is 0 Å². The Kier molecular flexibility index (Phi) is 3.69. The van der Waals surface area contributed by atoms with Crippen molar-refractivity contribution in [2.24, 2.45) is 5.11 Å². The van der Waals surface area contributed by atoms with Crippen LogP contribution in [0.25, 0.3) is 0 Å². The van der Waals surface area contributed by atoms with Gasteiger partial charge in [0.15, 0.2) is 5.69 Å². The van der Waals surface area contributed by atoms with Crippen LogP contribution in [-0.4, -0.2) is 22.9 Å². The maximum absolute atomic E-state index is 8.89. The van der Waals surface area contributed by atoms with Gasteiger partial charge in [-0.15, -0.1) is 0 Å². The van der Waals surface area contributed by atoms with Gasteiger partial charge in [-0.1, -0.05) is 12.1 Å². The Hall–Kier alpha value is -2.02. The maximum Gasteiger partial charge on any atom is 0.441 e. The Bertz CT molecular complexity index is 454. The largest absolute Gasteiger partial charge is 0.470 e. The summed E-state index contributed by atoms with van der Waals surface area (Å²) >= 11 is 0. The van der Waals surface area contributed by atoms with E-state index in [-0.39, 0.29) is 5.95 Å². The van der Waals surface area contributed by atoms with Crippen molar-refractivity contribution in [1.29, 1.82) is 0 Å². The lowest BCUT2D eigenvalue weighted by Crippen LogP contribution is -1.83. The number of methoxy groups -OCH3 is 1. The highest BCUT2D eigenvalue weighted by atomic mass is 16.6. The maximum atomic E-state index is 8.89. The van der Waals surface area contributed by atoms with Gasteiger partial charge >= 0.3 is 11.8 Å². The van der Waals surface area contributed by atoms with Gasteiger partial charge in [0.1, 0.15) is 9.90 Å². The minimum Gasteiger partial charge on any atom is -0.470 e. The molecule has 0 aliphatic carbocycles. The standard InChI is InChI=1S/C11H12N2O2/c1-8-4-5-9(2)10(6-8)13-12-7-11(14)15-3/h4-6H,1-3H3/p+1. The Balaban J connectivity index is 3.09. The third kappa shape index (κ3) is 3.31. The van der Waals surface area contributed by atoms with E-state index in [1.807, 2.05) is 32.0 Å². The summed E-state index contributed by atoms with van der Waals surface area (Å²) < 4.78 is 4.45. The second-order valence-corrected chi connectivity index (χ2v) is 3.11. The Morgan fingerprint density at radius 1 is 1.47 bits per heavy atom. The molecule has 0 saturated carbocycles. The molecule has 1 aromatic carbocycles. The first-order valence-corrected chi connectivity index (χ1v) is 4.47. The fourth-order valence-corrected chi connectivity index (χ4v) is 0.994. The van der Waals surface area contributed by atoms with Gasteiger partial charge in [0.05, 0.1) is 7.11 Å². The van der Waals surface area contributed by atoms with Crippen molar-refractivity contribution in [3.63, 3.8) is 0 Å². The van der Waals surface area contributed by atoms with Crippen molar-refractivity contribution < 1.29 is 14.6 Å². The summed E-state index contributed by atoms with van der Waals surface area (Å²) in [5, 5.41) is 12.8. The normalized spacial score (nSPS) is 8.73. The fourth-order valence-electron chi connectivity index (χ4n) is 0.994. The number of ether oxygens (including phenoxy) is 1. The van der Waals surface area contributed by atoms with Gasteiger partial charge in [-0.3, -0.25) is 0 Å². The zero-order valence-corrected chi connectivity index (χ0v) is 8.98. The van der Waals surface area contributed by atoms with Crippen LogP contribution in [0.15, 0.2) is 29.3 Å². The molecular formula is C11H13N2O2+. The van der Waals surface area contributed by atoms with Crippen LogP contribution in [0, 0.1) is 13.8 Å². The average Bonchev–Trinajstić information content (AvgIpc) is 2.23. The quantitative estimate of drug-likeness (QED) is 0.348. The molecule has 1 N–H and O–H groups in total. The molecule has 0 aliphatic heterocycles. The smallest absolute Gasteiger partial charge is 0.441 e. The van der Waals surface area contributed by atoms with Crippen molar-refractivity contribution in [3.05, 3.63) is 35.3 Å². The molecule has 78 valence electrons. The molecule has 0 aliphatic rings. The van der Waals surface area contributed by atoms with E-state index < -0.39 is 0 Å². The molecule has 0 amide bonds. The SMILES string of the molecule is COC(O)=C=[N+]=Nc1cc(C)ccc1C. The number of aliphatic hydroxyl groups is 1. The molecule has 0 fully saturated rings. The van der Waals surface area contributed by atoms with Gasteiger partial charge in [-0.25, -0.2) is 0 Å². The van der Waals surface area contributed by atoms with Gasteiger partial charge in [0, 0.05) is 0 Å². The minimum absolute atomic E-state index is 0.385. The molecular weight excluding hydrogens is 192 g/mol. The molecule has 0 saturated heterocycles. The van der Waals surface area contributed by atoms with Crippen molar-refractivity contribution in [2.75, 3.05) is 7.11 Å². The van der Waals surface area contributed by atoms with Crippen molar-refractivity contribution in [1.82, 2.24) is 0 Å². The number of rotatable bonds is 2. The fraction of sp³-hybridized carbons (Fsp3) is 0.273. The number of aryl methyl sites for hydroxylation is 2. The van der Waals surface area contributed by atoms with Gasteiger partial charge < -0.3 is 9.84 Å². The predicted molar refractivity (Wildman–Crippen MR) is 56.4 cm³/mol. The number of nitrogens with zero attached hydrogens (tertiary/aromatic N) is 2. The molecule has 0 unspecified atom stereocenters. The first kappa shape index (κ1) is 11.1. The Labute approximate surface area is 88.3 Å². The third-order valence-corrected chi connectivity index (χ3v) is 1.86. The van der Waals surface area contributed by atoms with Crippen LogP contribution in [0.1, 0.15) is 11.1 Å². The highest BCUT2D eigenvalue weighted by Crippen LogP contribution is 2.18. The highest BCUT2D eigenvalue weighted by molar-refractivity contribution is 5.48. The summed E-state index contributed by atoms with van der Waals surface area (Å²) in [6, 6.07) is 5.87. The van der Waals surface area contributed by atoms with Gasteiger partial charge in [0.25, 0.3) is 0 Å². The van der Waals surface area contributed by atoms with Gasteiger partial charge in [-0.05, 0) is 31.0 Å². The van der Waals surface area contributed by atoms with E-state index >= 15 is 0 Å².